The van der Waals surface area contributed by atoms with Crippen molar-refractivity contribution in [1.82, 2.24) is 10.3 Å². The van der Waals surface area contributed by atoms with Gasteiger partial charge in [0.1, 0.15) is 12.7 Å². The zero-order valence-electron chi connectivity index (χ0n) is 14.6. The number of H-pyrrole nitrogens is 1. The van der Waals surface area contributed by atoms with Crippen molar-refractivity contribution >= 4 is 17.2 Å². The van der Waals surface area contributed by atoms with Gasteiger partial charge >= 0.3 is 0 Å². The predicted octanol–water partition coefficient (Wildman–Crippen LogP) is 2.10. The average molecular weight is 361 g/mol. The minimum Gasteiger partial charge on any atom is -0.405 e. The second-order valence-corrected chi connectivity index (χ2v) is 5.81. The largest absolute Gasteiger partial charge is 0.405 e. The van der Waals surface area contributed by atoms with Crippen molar-refractivity contribution in [3.63, 3.8) is 0 Å². The van der Waals surface area contributed by atoms with Crippen molar-refractivity contribution in [2.24, 2.45) is 10.9 Å². The molecule has 0 spiro atoms. The molecule has 4 N–H and O–H groups in total. The van der Waals surface area contributed by atoms with E-state index < -0.39 is 0 Å². The van der Waals surface area contributed by atoms with E-state index in [1.54, 1.807) is 30.4 Å². The number of fused-ring (bicyclic) bond motifs is 1. The highest BCUT2D eigenvalue weighted by Gasteiger charge is 2.20. The Balaban J connectivity index is 1.74. The van der Waals surface area contributed by atoms with Gasteiger partial charge in [-0.25, -0.2) is 0 Å². The molecular formula is C20H19N5O2. The summed E-state index contributed by atoms with van der Waals surface area (Å²) in [6, 6.07) is 12.9. The number of allylic oxidation sites excluding steroid dienone is 2. The van der Waals surface area contributed by atoms with Crippen LogP contribution < -0.4 is 11.1 Å². The van der Waals surface area contributed by atoms with Gasteiger partial charge in [0.05, 0.1) is 5.56 Å². The van der Waals surface area contributed by atoms with E-state index >= 15 is 0 Å². The van der Waals surface area contributed by atoms with Crippen LogP contribution in [0.1, 0.15) is 27.3 Å². The maximum atomic E-state index is 11.9. The summed E-state index contributed by atoms with van der Waals surface area (Å²) in [6.45, 7) is 0.763. The summed E-state index contributed by atoms with van der Waals surface area (Å²) >= 11 is 0. The third-order valence-corrected chi connectivity index (χ3v) is 4.08. The number of hydrogen-bond acceptors (Lipinski definition) is 5. The van der Waals surface area contributed by atoms with Crippen LogP contribution in [0.5, 0.6) is 0 Å². The van der Waals surface area contributed by atoms with Gasteiger partial charge in [-0.2, -0.15) is 5.26 Å². The van der Waals surface area contributed by atoms with E-state index in [4.69, 9.17) is 10.6 Å². The fourth-order valence-electron chi connectivity index (χ4n) is 2.78. The molecular weight excluding hydrogens is 342 g/mol. The molecule has 1 aromatic carbocycles. The van der Waals surface area contributed by atoms with Gasteiger partial charge in [0.2, 0.25) is 0 Å². The summed E-state index contributed by atoms with van der Waals surface area (Å²) in [7, 11) is 0. The summed E-state index contributed by atoms with van der Waals surface area (Å²) < 4.78 is 0. The molecule has 0 fully saturated rings. The Bertz CT molecular complexity index is 948. The molecule has 0 unspecified atom stereocenters. The number of aromatic nitrogens is 1. The lowest BCUT2D eigenvalue weighted by Gasteiger charge is -2.10. The van der Waals surface area contributed by atoms with E-state index in [0.717, 1.165) is 23.4 Å². The van der Waals surface area contributed by atoms with Gasteiger partial charge < -0.3 is 20.9 Å². The molecule has 0 aliphatic carbocycles. The van der Waals surface area contributed by atoms with Crippen molar-refractivity contribution in [3.8, 4) is 6.07 Å². The SMILES string of the molecule is N#C/C(=N\OC/C=C(\C=C/N)c1cc2c([nH]1)CCNC2=O)c1ccccc1. The molecule has 0 atom stereocenters. The van der Waals surface area contributed by atoms with E-state index in [0.29, 0.717) is 17.7 Å². The summed E-state index contributed by atoms with van der Waals surface area (Å²) in [5, 5.41) is 15.9. The Morgan fingerprint density at radius 2 is 2.19 bits per heavy atom. The molecule has 2 aromatic rings. The van der Waals surface area contributed by atoms with Gasteiger partial charge in [-0.1, -0.05) is 35.5 Å². The number of hydrogen-bond donors (Lipinski definition) is 3. The Morgan fingerprint density at radius 1 is 1.37 bits per heavy atom. The molecule has 2 heterocycles. The molecule has 1 aliphatic heterocycles. The zero-order valence-corrected chi connectivity index (χ0v) is 14.6. The van der Waals surface area contributed by atoms with Crippen LogP contribution >= 0.6 is 0 Å². The Hall–Kier alpha value is -3.79. The van der Waals surface area contributed by atoms with Crippen molar-refractivity contribution in [2.75, 3.05) is 13.2 Å². The van der Waals surface area contributed by atoms with Crippen molar-refractivity contribution in [2.45, 2.75) is 6.42 Å². The van der Waals surface area contributed by atoms with E-state index in [-0.39, 0.29) is 18.2 Å². The second-order valence-electron chi connectivity index (χ2n) is 5.81. The number of benzene rings is 1. The van der Waals surface area contributed by atoms with Gasteiger partial charge in [-0.15, -0.1) is 0 Å². The number of oxime groups is 1. The molecule has 7 nitrogen and oxygen atoms in total. The maximum Gasteiger partial charge on any atom is 0.253 e. The topological polar surface area (TPSA) is 116 Å². The lowest BCUT2D eigenvalue weighted by Crippen LogP contribution is -2.31. The highest BCUT2D eigenvalue weighted by molar-refractivity contribution is 6.11. The van der Waals surface area contributed by atoms with E-state index in [9.17, 15) is 10.1 Å². The molecule has 3 rings (SSSR count). The van der Waals surface area contributed by atoms with Gasteiger partial charge in [-0.05, 0) is 30.0 Å². The Morgan fingerprint density at radius 3 is 2.89 bits per heavy atom. The number of carbonyl (C=O) groups excluding carboxylic acids is 1. The van der Waals surface area contributed by atoms with Crippen LogP contribution in [0, 0.1) is 11.3 Å². The molecule has 0 radical (unpaired) electrons. The number of nitriles is 1. The van der Waals surface area contributed by atoms with E-state index in [1.807, 2.05) is 24.3 Å². The number of nitrogens with one attached hydrogen (secondary N) is 2. The monoisotopic (exact) mass is 361 g/mol. The number of aromatic amines is 1. The van der Waals surface area contributed by atoms with Gasteiger partial charge in [0.15, 0.2) is 5.71 Å². The smallest absolute Gasteiger partial charge is 0.253 e. The number of amides is 1. The van der Waals surface area contributed by atoms with Crippen molar-refractivity contribution < 1.29 is 9.63 Å². The molecule has 0 saturated carbocycles. The Kier molecular flexibility index (Phi) is 5.70. The fourth-order valence-corrected chi connectivity index (χ4v) is 2.78. The first-order valence-corrected chi connectivity index (χ1v) is 8.47. The summed E-state index contributed by atoms with van der Waals surface area (Å²) in [5.41, 5.74) is 9.52. The average Bonchev–Trinajstić information content (AvgIpc) is 3.13. The molecule has 1 aromatic heterocycles. The van der Waals surface area contributed by atoms with Crippen LogP contribution in [0.25, 0.3) is 5.57 Å². The van der Waals surface area contributed by atoms with Crippen LogP contribution in [-0.2, 0) is 11.3 Å². The molecule has 0 saturated heterocycles. The van der Waals surface area contributed by atoms with Crippen LogP contribution in [0.2, 0.25) is 0 Å². The number of nitrogens with zero attached hydrogens (tertiary/aromatic N) is 2. The fraction of sp³-hybridized carbons (Fsp3) is 0.150. The molecule has 136 valence electrons. The third kappa shape index (κ3) is 4.25. The number of rotatable bonds is 6. The lowest BCUT2D eigenvalue weighted by atomic mass is 10.1. The highest BCUT2D eigenvalue weighted by atomic mass is 16.6. The quantitative estimate of drug-likeness (QED) is 0.316. The third-order valence-electron chi connectivity index (χ3n) is 4.08. The van der Waals surface area contributed by atoms with E-state index in [2.05, 4.69) is 15.5 Å². The maximum absolute atomic E-state index is 11.9. The number of nitrogens with two attached hydrogens (primary N) is 1. The molecule has 7 heteroatoms. The first-order valence-electron chi connectivity index (χ1n) is 8.47. The summed E-state index contributed by atoms with van der Waals surface area (Å²) in [6.07, 6.45) is 5.66. The van der Waals surface area contributed by atoms with Gasteiger partial charge in [0.25, 0.3) is 5.91 Å². The molecule has 1 aliphatic rings. The van der Waals surface area contributed by atoms with Crippen LogP contribution in [0.15, 0.2) is 59.9 Å². The van der Waals surface area contributed by atoms with Crippen LogP contribution in [0.4, 0.5) is 0 Å². The predicted molar refractivity (Wildman–Crippen MR) is 103 cm³/mol. The summed E-state index contributed by atoms with van der Waals surface area (Å²) in [5.74, 6) is -0.0859. The van der Waals surface area contributed by atoms with E-state index in [1.165, 1.54) is 6.20 Å². The van der Waals surface area contributed by atoms with Crippen molar-refractivity contribution in [1.29, 1.82) is 5.26 Å². The second kappa shape index (κ2) is 8.54. The molecule has 1 amide bonds. The first-order chi connectivity index (χ1) is 13.2. The highest BCUT2D eigenvalue weighted by Crippen LogP contribution is 2.21. The minimum absolute atomic E-state index is 0.0859. The van der Waals surface area contributed by atoms with Crippen molar-refractivity contribution in [3.05, 3.63) is 77.3 Å². The van der Waals surface area contributed by atoms with Crippen LogP contribution in [-0.4, -0.2) is 29.8 Å². The standard InChI is InChI=1S/C20H19N5O2/c21-9-6-15(18-12-16-17(24-18)7-10-23-20(16)26)8-11-27-25-19(13-22)14-4-2-1-3-5-14/h1-6,8-9,12,24H,7,10-11,21H2,(H,23,26)/b9-6-,15-8+,25-19+. The minimum atomic E-state index is -0.0859. The Labute approximate surface area is 156 Å². The molecule has 27 heavy (non-hydrogen) atoms. The zero-order chi connectivity index (χ0) is 19.1. The van der Waals surface area contributed by atoms with Gasteiger partial charge in [0, 0.05) is 29.9 Å². The molecule has 0 bridgehead atoms. The van der Waals surface area contributed by atoms with Crippen LogP contribution in [0.3, 0.4) is 0 Å². The normalized spacial score (nSPS) is 14.6. The summed E-state index contributed by atoms with van der Waals surface area (Å²) in [4.78, 5) is 20.5. The lowest BCUT2D eigenvalue weighted by molar-refractivity contribution is 0.0946. The van der Waals surface area contributed by atoms with Gasteiger partial charge in [-0.3, -0.25) is 4.79 Å². The number of carbonyl (C=O) groups is 1. The first kappa shape index (κ1) is 18.0.